The number of aliphatic hydroxyl groups excluding tert-OH is 1. The van der Waals surface area contributed by atoms with Gasteiger partial charge < -0.3 is 21.2 Å². The maximum Gasteiger partial charge on any atom is 0.223 e. The van der Waals surface area contributed by atoms with Crippen molar-refractivity contribution in [2.24, 2.45) is 5.84 Å². The largest absolute Gasteiger partial charge is 0.395 e. The molecule has 18 heavy (non-hydrogen) atoms. The predicted molar refractivity (Wildman–Crippen MR) is 73.1 cm³/mol. The van der Waals surface area contributed by atoms with Crippen molar-refractivity contribution in [3.63, 3.8) is 0 Å². The van der Waals surface area contributed by atoms with Gasteiger partial charge in [0.25, 0.3) is 0 Å². The van der Waals surface area contributed by atoms with Crippen LogP contribution in [0.1, 0.15) is 26.7 Å². The van der Waals surface area contributed by atoms with Gasteiger partial charge in [-0.1, -0.05) is 13.8 Å². The molecule has 1 aromatic rings. The molecule has 0 atom stereocenters. The lowest BCUT2D eigenvalue weighted by molar-refractivity contribution is 0.295. The van der Waals surface area contributed by atoms with E-state index in [1.54, 1.807) is 6.07 Å². The molecule has 0 aromatic carbocycles. The van der Waals surface area contributed by atoms with Crippen LogP contribution in [0.15, 0.2) is 6.07 Å². The van der Waals surface area contributed by atoms with Crippen LogP contribution in [0.2, 0.25) is 0 Å². The molecule has 7 nitrogen and oxygen atoms in total. The summed E-state index contributed by atoms with van der Waals surface area (Å²) in [5, 5.41) is 9.18. The highest BCUT2D eigenvalue weighted by Crippen LogP contribution is 2.21. The molecule has 0 aliphatic rings. The van der Waals surface area contributed by atoms with Gasteiger partial charge in [0.1, 0.15) is 11.6 Å². The molecular weight excluding hydrogens is 232 g/mol. The Hall–Kier alpha value is -1.60. The minimum Gasteiger partial charge on any atom is -0.395 e. The number of nitrogens with one attached hydrogen (secondary N) is 1. The molecule has 1 aromatic heterocycles. The van der Waals surface area contributed by atoms with Crippen LogP contribution in [0.25, 0.3) is 0 Å². The van der Waals surface area contributed by atoms with E-state index < -0.39 is 0 Å². The number of hydrazine groups is 1. The number of hydrogen-bond donors (Lipinski definition) is 4. The summed E-state index contributed by atoms with van der Waals surface area (Å²) >= 11 is 0. The quantitative estimate of drug-likeness (QED) is 0.409. The minimum absolute atomic E-state index is 0.0613. The van der Waals surface area contributed by atoms with Crippen molar-refractivity contribution in [1.29, 1.82) is 0 Å². The molecule has 0 fully saturated rings. The number of nitrogens with zero attached hydrogens (tertiary/aromatic N) is 3. The molecule has 0 saturated carbocycles. The van der Waals surface area contributed by atoms with E-state index >= 15 is 0 Å². The normalized spacial score (nSPS) is 10.7. The number of nitrogens with two attached hydrogens (primary N) is 2. The molecule has 0 aliphatic carbocycles. The van der Waals surface area contributed by atoms with Crippen LogP contribution < -0.4 is 21.9 Å². The SMILES string of the molecule is CCC(CC)N(CCO)c1cc(NN)nc(N)n1. The first-order valence-corrected chi connectivity index (χ1v) is 6.14. The van der Waals surface area contributed by atoms with Crippen LogP contribution in [0, 0.1) is 0 Å². The average molecular weight is 254 g/mol. The zero-order valence-corrected chi connectivity index (χ0v) is 10.9. The molecule has 1 rings (SSSR count). The summed E-state index contributed by atoms with van der Waals surface area (Å²) in [4.78, 5) is 10.2. The highest BCUT2D eigenvalue weighted by molar-refractivity contribution is 5.52. The van der Waals surface area contributed by atoms with Gasteiger partial charge in [-0.15, -0.1) is 0 Å². The Morgan fingerprint density at radius 3 is 2.56 bits per heavy atom. The second-order valence-electron chi connectivity index (χ2n) is 4.00. The van der Waals surface area contributed by atoms with E-state index in [2.05, 4.69) is 29.2 Å². The van der Waals surface area contributed by atoms with E-state index in [0.29, 0.717) is 24.2 Å². The van der Waals surface area contributed by atoms with E-state index in [4.69, 9.17) is 11.6 Å². The Morgan fingerprint density at radius 1 is 1.39 bits per heavy atom. The summed E-state index contributed by atoms with van der Waals surface area (Å²) in [6.07, 6.45) is 1.93. The number of aromatic nitrogens is 2. The van der Waals surface area contributed by atoms with Gasteiger partial charge in [0.2, 0.25) is 5.95 Å². The van der Waals surface area contributed by atoms with E-state index in [1.807, 2.05) is 4.90 Å². The third-order valence-electron chi connectivity index (χ3n) is 2.90. The van der Waals surface area contributed by atoms with Gasteiger partial charge in [-0.3, -0.25) is 0 Å². The molecule has 1 heterocycles. The molecule has 0 spiro atoms. The smallest absolute Gasteiger partial charge is 0.223 e. The van der Waals surface area contributed by atoms with Gasteiger partial charge in [0.15, 0.2) is 0 Å². The third-order valence-corrected chi connectivity index (χ3v) is 2.90. The lowest BCUT2D eigenvalue weighted by Gasteiger charge is -2.31. The Labute approximate surface area is 107 Å². The first-order chi connectivity index (χ1) is 8.65. The molecule has 0 radical (unpaired) electrons. The third kappa shape index (κ3) is 3.44. The number of anilines is 3. The summed E-state index contributed by atoms with van der Waals surface area (Å²) < 4.78 is 0. The Morgan fingerprint density at radius 2 is 2.06 bits per heavy atom. The average Bonchev–Trinajstić information content (AvgIpc) is 2.38. The lowest BCUT2D eigenvalue weighted by atomic mass is 10.1. The van der Waals surface area contributed by atoms with Gasteiger partial charge in [-0.25, -0.2) is 5.84 Å². The molecule has 0 amide bonds. The number of rotatable bonds is 7. The van der Waals surface area contributed by atoms with E-state index in [0.717, 1.165) is 12.8 Å². The maximum atomic E-state index is 9.18. The van der Waals surface area contributed by atoms with Crippen LogP contribution in [0.5, 0.6) is 0 Å². The fourth-order valence-electron chi connectivity index (χ4n) is 2.00. The summed E-state index contributed by atoms with van der Waals surface area (Å²) in [6.45, 7) is 4.77. The second kappa shape index (κ2) is 6.97. The van der Waals surface area contributed by atoms with Crippen molar-refractivity contribution in [2.45, 2.75) is 32.7 Å². The highest BCUT2D eigenvalue weighted by atomic mass is 16.3. The molecule has 0 aliphatic heterocycles. The Bertz CT molecular complexity index is 369. The standard InChI is InChI=1S/C11H22N6O/c1-3-8(4-2)17(5-6-18)10-7-9(16-13)14-11(12)15-10/h7-8,18H,3-6,13H2,1-2H3,(H3,12,14,15,16). The fraction of sp³-hybridized carbons (Fsp3) is 0.636. The first kappa shape index (κ1) is 14.5. The topological polar surface area (TPSA) is 113 Å². The first-order valence-electron chi connectivity index (χ1n) is 6.14. The number of nitrogen functional groups attached to an aromatic ring is 2. The van der Waals surface area contributed by atoms with E-state index in [1.165, 1.54) is 0 Å². The van der Waals surface area contributed by atoms with Crippen molar-refractivity contribution in [1.82, 2.24) is 9.97 Å². The van der Waals surface area contributed by atoms with Gasteiger partial charge in [-0.05, 0) is 12.8 Å². The minimum atomic E-state index is 0.0613. The van der Waals surface area contributed by atoms with Gasteiger partial charge in [-0.2, -0.15) is 9.97 Å². The van der Waals surface area contributed by atoms with Crippen molar-refractivity contribution in [2.75, 3.05) is 29.2 Å². The highest BCUT2D eigenvalue weighted by Gasteiger charge is 2.17. The molecule has 6 N–H and O–H groups in total. The van der Waals surface area contributed by atoms with Crippen LogP contribution in [0.4, 0.5) is 17.6 Å². The zero-order valence-electron chi connectivity index (χ0n) is 10.9. The maximum absolute atomic E-state index is 9.18. The van der Waals surface area contributed by atoms with Crippen LogP contribution >= 0.6 is 0 Å². The Balaban J connectivity index is 3.07. The molecule has 7 heteroatoms. The summed E-state index contributed by atoms with van der Waals surface area (Å²) in [6, 6.07) is 2.03. The van der Waals surface area contributed by atoms with Crippen LogP contribution in [-0.4, -0.2) is 34.3 Å². The lowest BCUT2D eigenvalue weighted by Crippen LogP contribution is -2.37. The van der Waals surface area contributed by atoms with Gasteiger partial charge in [0.05, 0.1) is 6.61 Å². The molecule has 0 bridgehead atoms. The molecule has 102 valence electrons. The Kier molecular flexibility index (Phi) is 5.60. The number of hydrogen-bond acceptors (Lipinski definition) is 7. The van der Waals surface area contributed by atoms with Crippen LogP contribution in [-0.2, 0) is 0 Å². The molecule has 0 saturated heterocycles. The summed E-state index contributed by atoms with van der Waals surface area (Å²) in [5.41, 5.74) is 8.10. The summed E-state index contributed by atoms with van der Waals surface area (Å²) in [7, 11) is 0. The van der Waals surface area contributed by atoms with Gasteiger partial charge >= 0.3 is 0 Å². The second-order valence-corrected chi connectivity index (χ2v) is 4.00. The van der Waals surface area contributed by atoms with E-state index in [9.17, 15) is 5.11 Å². The predicted octanol–water partition coefficient (Wildman–Crippen LogP) is 0.332. The number of aliphatic hydroxyl groups is 1. The van der Waals surface area contributed by atoms with E-state index in [-0.39, 0.29) is 12.6 Å². The van der Waals surface area contributed by atoms with Crippen molar-refractivity contribution in [3.05, 3.63) is 6.07 Å². The van der Waals surface area contributed by atoms with Gasteiger partial charge in [0, 0.05) is 18.7 Å². The van der Waals surface area contributed by atoms with Crippen molar-refractivity contribution in [3.8, 4) is 0 Å². The van der Waals surface area contributed by atoms with Crippen molar-refractivity contribution < 1.29 is 5.11 Å². The molecular formula is C11H22N6O. The monoisotopic (exact) mass is 254 g/mol. The van der Waals surface area contributed by atoms with Crippen molar-refractivity contribution >= 4 is 17.6 Å². The fourth-order valence-corrected chi connectivity index (χ4v) is 2.00. The zero-order chi connectivity index (χ0) is 13.5. The summed E-state index contributed by atoms with van der Waals surface area (Å²) in [5.74, 6) is 6.64. The molecule has 0 unspecified atom stereocenters. The van der Waals surface area contributed by atoms with Crippen LogP contribution in [0.3, 0.4) is 0 Å².